The van der Waals surface area contributed by atoms with Gasteiger partial charge in [0.25, 0.3) is 0 Å². The van der Waals surface area contributed by atoms with E-state index in [1.54, 1.807) is 17.5 Å². The van der Waals surface area contributed by atoms with Gasteiger partial charge in [0.15, 0.2) is 5.82 Å². The Kier molecular flexibility index (Phi) is 5.77. The van der Waals surface area contributed by atoms with Gasteiger partial charge in [0.1, 0.15) is 0 Å². The molecule has 24 heavy (non-hydrogen) atoms. The van der Waals surface area contributed by atoms with Crippen LogP contribution in [0.3, 0.4) is 0 Å². The lowest BCUT2D eigenvalue weighted by Gasteiger charge is -2.33. The van der Waals surface area contributed by atoms with Crippen molar-refractivity contribution in [3.8, 4) is 0 Å². The monoisotopic (exact) mass is 345 g/mol. The van der Waals surface area contributed by atoms with Crippen molar-refractivity contribution < 1.29 is 4.79 Å². The number of hydrogen-bond acceptors (Lipinski definition) is 6. The second-order valence-electron chi connectivity index (χ2n) is 6.05. The standard InChI is InChI=1S/C17H23N5OS/c1-13(15-6-4-10-24-15)20-17(23)11-18-14-5-3-9-22(12-14)16-7-2-8-19-21-16/h2,4,6-8,10,13-14,18H,3,5,9,11-12H2,1H3,(H,20,23)/t13-,14+/m1/s1. The molecule has 1 fully saturated rings. The van der Waals surface area contributed by atoms with Gasteiger partial charge in [-0.3, -0.25) is 4.79 Å². The summed E-state index contributed by atoms with van der Waals surface area (Å²) in [5.41, 5.74) is 0. The number of amides is 1. The number of carbonyl (C=O) groups is 1. The van der Waals surface area contributed by atoms with E-state index in [-0.39, 0.29) is 11.9 Å². The molecule has 0 unspecified atom stereocenters. The maximum absolute atomic E-state index is 12.1. The van der Waals surface area contributed by atoms with Crippen LogP contribution in [0, 0.1) is 0 Å². The molecule has 7 heteroatoms. The van der Waals surface area contributed by atoms with Gasteiger partial charge in [0.2, 0.25) is 5.91 Å². The maximum atomic E-state index is 12.1. The first-order valence-electron chi connectivity index (χ1n) is 8.31. The number of piperidine rings is 1. The van der Waals surface area contributed by atoms with Crippen LogP contribution < -0.4 is 15.5 Å². The fourth-order valence-electron chi connectivity index (χ4n) is 2.95. The number of carbonyl (C=O) groups excluding carboxylic acids is 1. The third-order valence-electron chi connectivity index (χ3n) is 4.20. The molecule has 0 radical (unpaired) electrons. The molecule has 2 atom stereocenters. The number of nitrogens with zero attached hydrogens (tertiary/aromatic N) is 3. The zero-order valence-electron chi connectivity index (χ0n) is 13.8. The van der Waals surface area contributed by atoms with Crippen molar-refractivity contribution in [3.63, 3.8) is 0 Å². The number of thiophene rings is 1. The van der Waals surface area contributed by atoms with Crippen LogP contribution in [-0.4, -0.2) is 41.8 Å². The number of nitrogens with one attached hydrogen (secondary N) is 2. The van der Waals surface area contributed by atoms with Gasteiger partial charge < -0.3 is 15.5 Å². The molecule has 1 aliphatic heterocycles. The average molecular weight is 345 g/mol. The summed E-state index contributed by atoms with van der Waals surface area (Å²) in [4.78, 5) is 15.5. The van der Waals surface area contributed by atoms with Crippen LogP contribution >= 0.6 is 11.3 Å². The average Bonchev–Trinajstić information content (AvgIpc) is 3.16. The zero-order valence-corrected chi connectivity index (χ0v) is 14.6. The van der Waals surface area contributed by atoms with E-state index in [1.165, 1.54) is 4.88 Å². The van der Waals surface area contributed by atoms with Gasteiger partial charge in [0, 0.05) is 30.2 Å². The highest BCUT2D eigenvalue weighted by atomic mass is 32.1. The third-order valence-corrected chi connectivity index (χ3v) is 5.26. The molecular weight excluding hydrogens is 322 g/mol. The molecule has 0 bridgehead atoms. The van der Waals surface area contributed by atoms with Crippen LogP contribution in [0.4, 0.5) is 5.82 Å². The number of aromatic nitrogens is 2. The minimum atomic E-state index is 0.0347. The summed E-state index contributed by atoms with van der Waals surface area (Å²) in [6, 6.07) is 8.28. The topological polar surface area (TPSA) is 70.2 Å². The molecule has 0 spiro atoms. The van der Waals surface area contributed by atoms with Crippen LogP contribution in [0.2, 0.25) is 0 Å². The first-order valence-corrected chi connectivity index (χ1v) is 9.19. The summed E-state index contributed by atoms with van der Waals surface area (Å²) in [6.45, 7) is 4.19. The van der Waals surface area contributed by atoms with Gasteiger partial charge in [-0.15, -0.1) is 16.4 Å². The predicted octanol–water partition coefficient (Wildman–Crippen LogP) is 1.97. The van der Waals surface area contributed by atoms with Crippen molar-refractivity contribution >= 4 is 23.1 Å². The highest BCUT2D eigenvalue weighted by Gasteiger charge is 2.21. The van der Waals surface area contributed by atoms with E-state index in [4.69, 9.17) is 0 Å². The van der Waals surface area contributed by atoms with Crippen LogP contribution in [0.1, 0.15) is 30.7 Å². The van der Waals surface area contributed by atoms with Gasteiger partial charge in [-0.2, -0.15) is 5.10 Å². The lowest BCUT2D eigenvalue weighted by Crippen LogP contribution is -2.49. The van der Waals surface area contributed by atoms with E-state index in [0.717, 1.165) is 31.7 Å². The van der Waals surface area contributed by atoms with E-state index >= 15 is 0 Å². The van der Waals surface area contributed by atoms with E-state index in [0.29, 0.717) is 12.6 Å². The number of rotatable bonds is 6. The van der Waals surface area contributed by atoms with Crippen molar-refractivity contribution in [2.75, 3.05) is 24.5 Å². The Morgan fingerprint density at radius 3 is 3.12 bits per heavy atom. The molecule has 6 nitrogen and oxygen atoms in total. The Balaban J connectivity index is 1.45. The minimum absolute atomic E-state index is 0.0347. The molecule has 128 valence electrons. The predicted molar refractivity (Wildman–Crippen MR) is 96.1 cm³/mol. The minimum Gasteiger partial charge on any atom is -0.354 e. The summed E-state index contributed by atoms with van der Waals surface area (Å²) in [7, 11) is 0. The summed E-state index contributed by atoms with van der Waals surface area (Å²) in [5, 5.41) is 16.5. The van der Waals surface area contributed by atoms with Crippen molar-refractivity contribution in [1.29, 1.82) is 0 Å². The molecule has 2 aromatic rings. The van der Waals surface area contributed by atoms with E-state index in [9.17, 15) is 4.79 Å². The number of hydrogen-bond donors (Lipinski definition) is 2. The first-order chi connectivity index (χ1) is 11.7. The fourth-order valence-corrected chi connectivity index (χ4v) is 3.69. The lowest BCUT2D eigenvalue weighted by atomic mass is 10.1. The van der Waals surface area contributed by atoms with Gasteiger partial charge in [0.05, 0.1) is 12.6 Å². The molecule has 3 heterocycles. The molecular formula is C17H23N5OS. The SMILES string of the molecule is C[C@@H](NC(=O)CN[C@H]1CCCN(c2cccnn2)C1)c1cccs1. The molecule has 1 aliphatic rings. The summed E-state index contributed by atoms with van der Waals surface area (Å²) < 4.78 is 0. The second kappa shape index (κ2) is 8.21. The molecule has 0 aromatic carbocycles. The van der Waals surface area contributed by atoms with Gasteiger partial charge >= 0.3 is 0 Å². The molecule has 3 rings (SSSR count). The Bertz CT molecular complexity index is 634. The fraction of sp³-hybridized carbons (Fsp3) is 0.471. The van der Waals surface area contributed by atoms with Gasteiger partial charge in [-0.05, 0) is 43.3 Å². The van der Waals surface area contributed by atoms with Crippen molar-refractivity contribution in [2.24, 2.45) is 0 Å². The van der Waals surface area contributed by atoms with Crippen molar-refractivity contribution in [1.82, 2.24) is 20.8 Å². The Labute approximate surface area is 146 Å². The van der Waals surface area contributed by atoms with Gasteiger partial charge in [-0.25, -0.2) is 0 Å². The van der Waals surface area contributed by atoms with E-state index in [1.807, 2.05) is 36.6 Å². The molecule has 1 amide bonds. The highest BCUT2D eigenvalue weighted by molar-refractivity contribution is 7.10. The summed E-state index contributed by atoms with van der Waals surface area (Å²) >= 11 is 1.66. The lowest BCUT2D eigenvalue weighted by molar-refractivity contribution is -0.121. The first kappa shape index (κ1) is 16.9. The van der Waals surface area contributed by atoms with E-state index in [2.05, 4.69) is 25.7 Å². The van der Waals surface area contributed by atoms with Crippen LogP contribution in [-0.2, 0) is 4.79 Å². The van der Waals surface area contributed by atoms with Crippen molar-refractivity contribution in [3.05, 3.63) is 40.7 Å². The van der Waals surface area contributed by atoms with Crippen LogP contribution in [0.5, 0.6) is 0 Å². The molecule has 2 N–H and O–H groups in total. The largest absolute Gasteiger partial charge is 0.354 e. The second-order valence-corrected chi connectivity index (χ2v) is 7.03. The number of anilines is 1. The molecule has 2 aromatic heterocycles. The summed E-state index contributed by atoms with van der Waals surface area (Å²) in [6.07, 6.45) is 3.84. The molecule has 0 aliphatic carbocycles. The molecule has 1 saturated heterocycles. The molecule has 0 saturated carbocycles. The maximum Gasteiger partial charge on any atom is 0.234 e. The van der Waals surface area contributed by atoms with Crippen LogP contribution in [0.15, 0.2) is 35.8 Å². The zero-order chi connectivity index (χ0) is 16.8. The summed E-state index contributed by atoms with van der Waals surface area (Å²) in [5.74, 6) is 0.937. The normalized spacial score (nSPS) is 19.0. The van der Waals surface area contributed by atoms with Gasteiger partial charge in [-0.1, -0.05) is 6.07 Å². The Morgan fingerprint density at radius 2 is 2.38 bits per heavy atom. The Morgan fingerprint density at radius 1 is 1.46 bits per heavy atom. The highest BCUT2D eigenvalue weighted by Crippen LogP contribution is 2.18. The smallest absolute Gasteiger partial charge is 0.234 e. The van der Waals surface area contributed by atoms with Crippen molar-refractivity contribution in [2.45, 2.75) is 31.8 Å². The quantitative estimate of drug-likeness (QED) is 0.838. The van der Waals surface area contributed by atoms with Crippen LogP contribution in [0.25, 0.3) is 0 Å². The Hall–Kier alpha value is -1.99. The van der Waals surface area contributed by atoms with E-state index < -0.39 is 0 Å². The third kappa shape index (κ3) is 4.52.